The molecule has 30 heavy (non-hydrogen) atoms. The predicted molar refractivity (Wildman–Crippen MR) is 101 cm³/mol. The van der Waals surface area contributed by atoms with Gasteiger partial charge in [0.25, 0.3) is 11.8 Å². The van der Waals surface area contributed by atoms with Gasteiger partial charge in [-0.25, -0.2) is 27.1 Å². The lowest BCUT2D eigenvalue weighted by molar-refractivity contribution is 0.116. The highest BCUT2D eigenvalue weighted by molar-refractivity contribution is 7.88. The van der Waals surface area contributed by atoms with E-state index >= 15 is 0 Å². The van der Waals surface area contributed by atoms with Crippen LogP contribution in [0.15, 0.2) is 41.1 Å². The fourth-order valence-corrected chi connectivity index (χ4v) is 2.85. The number of hydrogen-bond acceptors (Lipinski definition) is 8. The first-order chi connectivity index (χ1) is 14.1. The molecule has 1 N–H and O–H groups in total. The monoisotopic (exact) mass is 442 g/mol. The number of likely N-dealkylation sites (N-methyl/N-ethyl adjacent to an activating group) is 1. The molecule has 3 rings (SSSR count). The summed E-state index contributed by atoms with van der Waals surface area (Å²) < 4.78 is 68.0. The van der Waals surface area contributed by atoms with Crippen molar-refractivity contribution in [3.05, 3.63) is 53.9 Å². The van der Waals surface area contributed by atoms with Gasteiger partial charge in [-0.05, 0) is 17.7 Å². The lowest BCUT2D eigenvalue weighted by Crippen LogP contribution is -2.33. The molecule has 1 aromatic carbocycles. The molecule has 0 saturated heterocycles. The number of alkyl halides is 2. The molecule has 0 aliphatic heterocycles. The van der Waals surface area contributed by atoms with Crippen LogP contribution < -0.4 is 5.32 Å². The number of hydrogen-bond donors (Lipinski definition) is 1. The van der Waals surface area contributed by atoms with Gasteiger partial charge in [0.2, 0.25) is 16.0 Å². The van der Waals surface area contributed by atoms with Crippen LogP contribution in [-0.4, -0.2) is 52.7 Å². The Morgan fingerprint density at radius 3 is 2.30 bits per heavy atom. The highest BCUT2D eigenvalue weighted by Crippen LogP contribution is 2.24. The van der Waals surface area contributed by atoms with Crippen LogP contribution in [0, 0.1) is 5.82 Å². The molecule has 0 radical (unpaired) electrons. The van der Waals surface area contributed by atoms with Crippen molar-refractivity contribution in [2.45, 2.75) is 12.5 Å². The van der Waals surface area contributed by atoms with Gasteiger partial charge in [-0.15, -0.1) is 10.2 Å². The fourth-order valence-electron chi connectivity index (χ4n) is 2.43. The summed E-state index contributed by atoms with van der Waals surface area (Å²) in [5.74, 6) is -1.28. The predicted octanol–water partition coefficient (Wildman–Crippen LogP) is 2.65. The number of sulfonamides is 1. The van der Waals surface area contributed by atoms with Crippen molar-refractivity contribution in [2.75, 3.05) is 25.2 Å². The molecular weight excluding hydrogens is 425 g/mol. The Bertz CT molecular complexity index is 1090. The molecule has 1 unspecified atom stereocenters. The smallest absolute Gasteiger partial charge is 0.314 e. The first kappa shape index (κ1) is 21.6. The van der Waals surface area contributed by atoms with Gasteiger partial charge in [0, 0.05) is 26.0 Å². The summed E-state index contributed by atoms with van der Waals surface area (Å²) >= 11 is 0. The Morgan fingerprint density at radius 2 is 1.77 bits per heavy atom. The van der Waals surface area contributed by atoms with E-state index < -0.39 is 34.2 Å². The number of benzene rings is 1. The van der Waals surface area contributed by atoms with Crippen molar-refractivity contribution < 1.29 is 26.0 Å². The molecular formula is C17H17F3N6O3S. The average Bonchev–Trinajstić information content (AvgIpc) is 3.18. The Morgan fingerprint density at radius 1 is 1.13 bits per heavy atom. The molecule has 13 heteroatoms. The minimum atomic E-state index is -3.46. The van der Waals surface area contributed by atoms with Crippen LogP contribution in [-0.2, 0) is 10.0 Å². The lowest BCUT2D eigenvalue weighted by Gasteiger charge is -2.24. The van der Waals surface area contributed by atoms with Gasteiger partial charge in [0.1, 0.15) is 5.82 Å². The Balaban J connectivity index is 1.81. The summed E-state index contributed by atoms with van der Waals surface area (Å²) in [6.45, 7) is 0.0248. The fraction of sp³-hybridized carbons (Fsp3) is 0.294. The quantitative estimate of drug-likeness (QED) is 0.566. The van der Waals surface area contributed by atoms with E-state index in [1.54, 1.807) is 0 Å². The standard InChI is InChI=1S/C17H17F3N6O3S/c1-26(30(2,27)28)9-13(10-3-5-12(18)6-4-10)23-17-21-7-11(8-22-17)15-24-25-16(29-15)14(19)20/h3-8,13-14H,9H2,1-2H3,(H,21,22,23). The molecule has 3 aromatic rings. The number of halogens is 3. The van der Waals surface area contributed by atoms with Crippen LogP contribution in [0.1, 0.15) is 23.9 Å². The zero-order chi connectivity index (χ0) is 21.9. The molecule has 0 fully saturated rings. The van der Waals surface area contributed by atoms with E-state index in [-0.39, 0.29) is 23.9 Å². The van der Waals surface area contributed by atoms with Gasteiger partial charge in [-0.1, -0.05) is 12.1 Å². The van der Waals surface area contributed by atoms with E-state index in [2.05, 4.69) is 25.5 Å². The molecule has 1 atom stereocenters. The molecule has 0 aliphatic carbocycles. The number of anilines is 1. The van der Waals surface area contributed by atoms with Crippen LogP contribution in [0.25, 0.3) is 11.5 Å². The molecule has 0 saturated carbocycles. The van der Waals surface area contributed by atoms with Gasteiger partial charge in [-0.2, -0.15) is 8.78 Å². The Hall–Kier alpha value is -3.06. The summed E-state index contributed by atoms with van der Waals surface area (Å²) in [5.41, 5.74) is 0.838. The first-order valence-corrected chi connectivity index (χ1v) is 10.4. The third kappa shape index (κ3) is 5.30. The summed E-state index contributed by atoms with van der Waals surface area (Å²) in [6.07, 6.45) is 0.759. The highest BCUT2D eigenvalue weighted by atomic mass is 32.2. The molecule has 0 amide bonds. The number of nitrogens with one attached hydrogen (secondary N) is 1. The van der Waals surface area contributed by atoms with Gasteiger partial charge < -0.3 is 9.73 Å². The van der Waals surface area contributed by atoms with E-state index in [0.717, 1.165) is 10.6 Å². The van der Waals surface area contributed by atoms with Crippen molar-refractivity contribution >= 4 is 16.0 Å². The van der Waals surface area contributed by atoms with Gasteiger partial charge in [0.05, 0.1) is 17.9 Å². The Kier molecular flexibility index (Phi) is 6.31. The van der Waals surface area contributed by atoms with Crippen LogP contribution in [0.5, 0.6) is 0 Å². The minimum absolute atomic E-state index is 0.0248. The first-order valence-electron chi connectivity index (χ1n) is 8.51. The minimum Gasteiger partial charge on any atom is -0.415 e. The third-order valence-electron chi connectivity index (χ3n) is 4.11. The average molecular weight is 442 g/mol. The molecule has 2 aromatic heterocycles. The SMILES string of the molecule is CN(CC(Nc1ncc(-c2nnc(C(F)F)o2)cn1)c1ccc(F)cc1)S(C)(=O)=O. The zero-order valence-electron chi connectivity index (χ0n) is 15.8. The van der Waals surface area contributed by atoms with Crippen molar-refractivity contribution in [3.8, 4) is 11.5 Å². The van der Waals surface area contributed by atoms with Gasteiger partial charge in [-0.3, -0.25) is 0 Å². The second-order valence-corrected chi connectivity index (χ2v) is 8.42. The van der Waals surface area contributed by atoms with Crippen molar-refractivity contribution in [2.24, 2.45) is 0 Å². The molecule has 160 valence electrons. The zero-order valence-corrected chi connectivity index (χ0v) is 16.6. The lowest BCUT2D eigenvalue weighted by atomic mass is 10.1. The van der Waals surface area contributed by atoms with Gasteiger partial charge in [0.15, 0.2) is 0 Å². The van der Waals surface area contributed by atoms with E-state index in [0.29, 0.717) is 5.56 Å². The molecule has 9 nitrogen and oxygen atoms in total. The molecule has 0 spiro atoms. The van der Waals surface area contributed by atoms with E-state index in [1.165, 1.54) is 43.7 Å². The van der Waals surface area contributed by atoms with E-state index in [1.807, 2.05) is 0 Å². The molecule has 0 aliphatic rings. The summed E-state index contributed by atoms with van der Waals surface area (Å²) in [5, 5.41) is 9.73. The van der Waals surface area contributed by atoms with Crippen LogP contribution >= 0.6 is 0 Å². The van der Waals surface area contributed by atoms with Crippen LogP contribution in [0.2, 0.25) is 0 Å². The normalized spacial score (nSPS) is 13.0. The highest BCUT2D eigenvalue weighted by Gasteiger charge is 2.21. The number of aromatic nitrogens is 4. The second-order valence-electron chi connectivity index (χ2n) is 6.33. The van der Waals surface area contributed by atoms with Crippen molar-refractivity contribution in [3.63, 3.8) is 0 Å². The molecule has 2 heterocycles. The molecule has 0 bridgehead atoms. The summed E-state index contributed by atoms with van der Waals surface area (Å²) in [4.78, 5) is 8.16. The Labute approximate surface area is 170 Å². The maximum atomic E-state index is 13.3. The van der Waals surface area contributed by atoms with Gasteiger partial charge >= 0.3 is 6.43 Å². The topological polar surface area (TPSA) is 114 Å². The van der Waals surface area contributed by atoms with Crippen LogP contribution in [0.3, 0.4) is 0 Å². The summed E-state index contributed by atoms with van der Waals surface area (Å²) in [6, 6.07) is 4.95. The second kappa shape index (κ2) is 8.75. The third-order valence-corrected chi connectivity index (χ3v) is 5.39. The van der Waals surface area contributed by atoms with Crippen molar-refractivity contribution in [1.29, 1.82) is 0 Å². The van der Waals surface area contributed by atoms with Crippen LogP contribution in [0.4, 0.5) is 19.1 Å². The number of nitrogens with zero attached hydrogens (tertiary/aromatic N) is 5. The largest absolute Gasteiger partial charge is 0.415 e. The van der Waals surface area contributed by atoms with E-state index in [4.69, 9.17) is 4.42 Å². The maximum absolute atomic E-state index is 13.3. The maximum Gasteiger partial charge on any atom is 0.314 e. The number of rotatable bonds is 8. The van der Waals surface area contributed by atoms with Crippen molar-refractivity contribution in [1.82, 2.24) is 24.5 Å². The summed E-state index contributed by atoms with van der Waals surface area (Å²) in [7, 11) is -2.05. The van der Waals surface area contributed by atoms with E-state index in [9.17, 15) is 21.6 Å².